The lowest BCUT2D eigenvalue weighted by Gasteiger charge is -2.18. The zero-order valence-electron chi connectivity index (χ0n) is 14.1. The van der Waals surface area contributed by atoms with Crippen molar-refractivity contribution >= 4 is 11.8 Å². The fourth-order valence-electron chi connectivity index (χ4n) is 1.84. The molecule has 1 heterocycles. The van der Waals surface area contributed by atoms with Gasteiger partial charge in [-0.2, -0.15) is 5.10 Å². The van der Waals surface area contributed by atoms with E-state index in [2.05, 4.69) is 5.10 Å². The minimum atomic E-state index is -0.396. The first-order valence-corrected chi connectivity index (χ1v) is 7.59. The Morgan fingerprint density at radius 3 is 2.55 bits per heavy atom. The average molecular weight is 310 g/mol. The van der Waals surface area contributed by atoms with Crippen LogP contribution in [0.4, 0.5) is 0 Å². The highest BCUT2D eigenvalue weighted by Gasteiger charge is 2.20. The summed E-state index contributed by atoms with van der Waals surface area (Å²) < 4.78 is 12.4. The number of hydrogen-bond donors (Lipinski definition) is 0. The van der Waals surface area contributed by atoms with Crippen LogP contribution in [0.2, 0.25) is 0 Å². The lowest BCUT2D eigenvalue weighted by Crippen LogP contribution is -2.20. The lowest BCUT2D eigenvalue weighted by molar-refractivity contribution is -0.117. The summed E-state index contributed by atoms with van der Waals surface area (Å²) in [6.07, 6.45) is 2.86. The summed E-state index contributed by atoms with van der Waals surface area (Å²) in [6, 6.07) is 0. The van der Waals surface area contributed by atoms with Crippen LogP contribution >= 0.6 is 0 Å². The molecule has 0 radical (unpaired) electrons. The molecule has 0 aliphatic heterocycles. The van der Waals surface area contributed by atoms with E-state index in [9.17, 15) is 9.59 Å². The van der Waals surface area contributed by atoms with Gasteiger partial charge in [0, 0.05) is 19.2 Å². The Kier molecular flexibility index (Phi) is 6.74. The molecule has 0 unspecified atom stereocenters. The van der Waals surface area contributed by atoms with Crippen LogP contribution in [-0.4, -0.2) is 33.7 Å². The highest BCUT2D eigenvalue weighted by Crippen LogP contribution is 2.15. The van der Waals surface area contributed by atoms with Gasteiger partial charge in [-0.25, -0.2) is 4.79 Å². The number of hydrogen-bond acceptors (Lipinski definition) is 5. The van der Waals surface area contributed by atoms with E-state index in [1.165, 1.54) is 0 Å². The second kappa shape index (κ2) is 8.08. The molecule has 0 aliphatic rings. The standard InChI is InChI=1S/C16H26N2O4/c1-6-21-15(20)13-10-18(9-7-8-12(2)19)17-14(13)11-22-16(3,4)5/h10H,6-9,11H2,1-5H3. The summed E-state index contributed by atoms with van der Waals surface area (Å²) in [5.41, 5.74) is 0.676. The number of rotatable bonds is 8. The Labute approximate surface area is 131 Å². The molecule has 0 spiro atoms. The predicted octanol–water partition coefficient (Wildman–Crippen LogP) is 2.74. The Morgan fingerprint density at radius 2 is 2.00 bits per heavy atom. The van der Waals surface area contributed by atoms with Crippen molar-refractivity contribution in [1.82, 2.24) is 9.78 Å². The van der Waals surface area contributed by atoms with Gasteiger partial charge in [-0.15, -0.1) is 0 Å². The largest absolute Gasteiger partial charge is 0.462 e. The molecule has 1 rings (SSSR count). The van der Waals surface area contributed by atoms with Crippen LogP contribution in [-0.2, 0) is 27.4 Å². The van der Waals surface area contributed by atoms with Gasteiger partial charge in [0.05, 0.1) is 18.8 Å². The molecule has 124 valence electrons. The third kappa shape index (κ3) is 6.39. The molecule has 0 N–H and O–H groups in total. The second-order valence-electron chi connectivity index (χ2n) is 6.18. The molecule has 0 atom stereocenters. The molecular weight excluding hydrogens is 284 g/mol. The SMILES string of the molecule is CCOC(=O)c1cn(CCCC(C)=O)nc1COC(C)(C)C. The Balaban J connectivity index is 2.83. The minimum Gasteiger partial charge on any atom is -0.462 e. The zero-order valence-corrected chi connectivity index (χ0v) is 14.1. The molecule has 0 amide bonds. The maximum Gasteiger partial charge on any atom is 0.341 e. The van der Waals surface area contributed by atoms with Crippen molar-refractivity contribution in [2.45, 2.75) is 66.2 Å². The topological polar surface area (TPSA) is 70.4 Å². The molecule has 6 nitrogen and oxygen atoms in total. The summed E-state index contributed by atoms with van der Waals surface area (Å²) in [5, 5.41) is 4.39. The van der Waals surface area contributed by atoms with Crippen LogP contribution in [0.1, 0.15) is 63.5 Å². The van der Waals surface area contributed by atoms with Crippen molar-refractivity contribution in [2.75, 3.05) is 6.61 Å². The van der Waals surface area contributed by atoms with E-state index in [1.807, 2.05) is 20.8 Å². The van der Waals surface area contributed by atoms with E-state index in [4.69, 9.17) is 9.47 Å². The van der Waals surface area contributed by atoms with Crippen LogP contribution in [0.5, 0.6) is 0 Å². The van der Waals surface area contributed by atoms with Gasteiger partial charge < -0.3 is 14.3 Å². The third-order valence-electron chi connectivity index (χ3n) is 2.89. The summed E-state index contributed by atoms with van der Waals surface area (Å²) >= 11 is 0. The molecule has 22 heavy (non-hydrogen) atoms. The van der Waals surface area contributed by atoms with Crippen molar-refractivity contribution in [3.05, 3.63) is 17.5 Å². The number of aryl methyl sites for hydroxylation is 1. The van der Waals surface area contributed by atoms with E-state index in [0.717, 1.165) is 0 Å². The number of ether oxygens (including phenoxy) is 2. The summed E-state index contributed by atoms with van der Waals surface area (Å²) in [4.78, 5) is 23.0. The number of ketones is 1. The zero-order chi connectivity index (χ0) is 16.8. The van der Waals surface area contributed by atoms with Gasteiger partial charge in [0.25, 0.3) is 0 Å². The maximum absolute atomic E-state index is 12.0. The molecule has 0 fully saturated rings. The fourth-order valence-corrected chi connectivity index (χ4v) is 1.84. The lowest BCUT2D eigenvalue weighted by atomic mass is 10.2. The van der Waals surface area contributed by atoms with Crippen molar-refractivity contribution in [3.63, 3.8) is 0 Å². The molecular formula is C16H26N2O4. The number of carbonyl (C=O) groups is 2. The molecule has 0 aliphatic carbocycles. The van der Waals surface area contributed by atoms with Gasteiger partial charge in [0.15, 0.2) is 0 Å². The van der Waals surface area contributed by atoms with Gasteiger partial charge in [-0.05, 0) is 41.0 Å². The van der Waals surface area contributed by atoms with Crippen LogP contribution in [0, 0.1) is 0 Å². The van der Waals surface area contributed by atoms with E-state index in [0.29, 0.717) is 37.3 Å². The Bertz CT molecular complexity index is 515. The van der Waals surface area contributed by atoms with Crippen LogP contribution < -0.4 is 0 Å². The molecule has 1 aromatic rings. The average Bonchev–Trinajstić information content (AvgIpc) is 2.79. The van der Waals surface area contributed by atoms with Crippen molar-refractivity contribution < 1.29 is 19.1 Å². The number of carbonyl (C=O) groups excluding carboxylic acids is 2. The second-order valence-corrected chi connectivity index (χ2v) is 6.18. The molecule has 0 aromatic carbocycles. The van der Waals surface area contributed by atoms with Crippen LogP contribution in [0.25, 0.3) is 0 Å². The van der Waals surface area contributed by atoms with Crippen LogP contribution in [0.15, 0.2) is 6.20 Å². The normalized spacial score (nSPS) is 11.5. The van der Waals surface area contributed by atoms with Gasteiger partial charge in [-0.3, -0.25) is 4.68 Å². The number of aromatic nitrogens is 2. The van der Waals surface area contributed by atoms with Crippen LogP contribution in [0.3, 0.4) is 0 Å². The molecule has 0 saturated carbocycles. The summed E-state index contributed by atoms with van der Waals surface area (Å²) in [6.45, 7) is 10.3. The van der Waals surface area contributed by atoms with Gasteiger partial charge in [0.2, 0.25) is 0 Å². The maximum atomic E-state index is 12.0. The minimum absolute atomic E-state index is 0.147. The van der Waals surface area contributed by atoms with Crippen molar-refractivity contribution in [2.24, 2.45) is 0 Å². The fraction of sp³-hybridized carbons (Fsp3) is 0.688. The highest BCUT2D eigenvalue weighted by atomic mass is 16.5. The first-order chi connectivity index (χ1) is 10.2. The number of esters is 1. The Morgan fingerprint density at radius 1 is 1.32 bits per heavy atom. The number of Topliss-reactive ketones (excluding diaryl/α,β-unsaturated/α-hetero) is 1. The Hall–Kier alpha value is -1.69. The molecule has 1 aromatic heterocycles. The van der Waals surface area contributed by atoms with Crippen molar-refractivity contribution in [1.29, 1.82) is 0 Å². The molecule has 6 heteroatoms. The number of nitrogens with zero attached hydrogens (tertiary/aromatic N) is 2. The summed E-state index contributed by atoms with van der Waals surface area (Å²) in [7, 11) is 0. The predicted molar refractivity (Wildman–Crippen MR) is 82.6 cm³/mol. The molecule has 0 bridgehead atoms. The highest BCUT2D eigenvalue weighted by molar-refractivity contribution is 5.90. The van der Waals surface area contributed by atoms with Gasteiger partial charge in [-0.1, -0.05) is 0 Å². The monoisotopic (exact) mass is 310 g/mol. The van der Waals surface area contributed by atoms with Crippen molar-refractivity contribution in [3.8, 4) is 0 Å². The van der Waals surface area contributed by atoms with Gasteiger partial charge in [0.1, 0.15) is 17.0 Å². The third-order valence-corrected chi connectivity index (χ3v) is 2.89. The quantitative estimate of drug-likeness (QED) is 0.690. The summed E-state index contributed by atoms with van der Waals surface area (Å²) in [5.74, 6) is -0.248. The molecule has 0 saturated heterocycles. The van der Waals surface area contributed by atoms with E-state index in [-0.39, 0.29) is 18.0 Å². The van der Waals surface area contributed by atoms with E-state index < -0.39 is 5.97 Å². The van der Waals surface area contributed by atoms with Gasteiger partial charge >= 0.3 is 5.97 Å². The first-order valence-electron chi connectivity index (χ1n) is 7.59. The smallest absolute Gasteiger partial charge is 0.341 e. The van der Waals surface area contributed by atoms with E-state index >= 15 is 0 Å². The van der Waals surface area contributed by atoms with E-state index in [1.54, 1.807) is 24.7 Å². The first kappa shape index (κ1) is 18.4.